The third-order valence-electron chi connectivity index (χ3n) is 6.68. The van der Waals surface area contributed by atoms with E-state index in [0.29, 0.717) is 11.3 Å². The average Bonchev–Trinajstić information content (AvgIpc) is 3.14. The lowest BCUT2D eigenvalue weighted by atomic mass is 9.77. The maximum atomic E-state index is 12.1. The number of hydrogen-bond acceptors (Lipinski definition) is 6. The minimum Gasteiger partial charge on any atom is -0.378 e. The minimum atomic E-state index is -3.89. The number of thioether (sulfide) groups is 1. The highest BCUT2D eigenvalue weighted by Crippen LogP contribution is 2.58. The number of para-hydroxylation sites is 1. The number of nitrogens with zero attached hydrogens (tertiary/aromatic N) is 1. The van der Waals surface area contributed by atoms with Gasteiger partial charge in [0.05, 0.1) is 26.1 Å². The van der Waals surface area contributed by atoms with Gasteiger partial charge in [-0.3, -0.25) is 10.1 Å². The topological polar surface area (TPSA) is 115 Å². The van der Waals surface area contributed by atoms with Gasteiger partial charge < -0.3 is 5.32 Å². The van der Waals surface area contributed by atoms with Crippen LogP contribution in [0.4, 0.5) is 11.4 Å². The third kappa shape index (κ3) is 4.70. The Bertz CT molecular complexity index is 1400. The van der Waals surface area contributed by atoms with Gasteiger partial charge in [-0.25, -0.2) is 13.6 Å². The Morgan fingerprint density at radius 1 is 1.11 bits per heavy atom. The van der Waals surface area contributed by atoms with E-state index in [1.165, 1.54) is 23.9 Å². The van der Waals surface area contributed by atoms with Crippen LogP contribution in [0, 0.1) is 16.0 Å². The van der Waals surface area contributed by atoms with Gasteiger partial charge in [0.2, 0.25) is 10.0 Å². The molecule has 0 spiro atoms. The summed E-state index contributed by atoms with van der Waals surface area (Å²) >= 11 is 12.0. The number of anilines is 1. The number of rotatable bonds is 5. The number of sulfonamides is 1. The van der Waals surface area contributed by atoms with Crippen molar-refractivity contribution in [2.45, 2.75) is 38.8 Å². The molecule has 1 fully saturated rings. The molecule has 11 heteroatoms. The summed E-state index contributed by atoms with van der Waals surface area (Å²) in [6, 6.07) is 19.5. The summed E-state index contributed by atoms with van der Waals surface area (Å²) in [4.78, 5) is 11.8. The zero-order chi connectivity index (χ0) is 24.9. The van der Waals surface area contributed by atoms with Gasteiger partial charge in [-0.2, -0.15) is 0 Å². The van der Waals surface area contributed by atoms with E-state index in [0.717, 1.165) is 21.3 Å². The van der Waals surface area contributed by atoms with Crippen molar-refractivity contribution >= 4 is 60.7 Å². The van der Waals surface area contributed by atoms with E-state index in [1.807, 2.05) is 24.3 Å². The molecule has 5 atom stereocenters. The van der Waals surface area contributed by atoms with Gasteiger partial charge in [0.25, 0.3) is 5.69 Å². The molecule has 0 aromatic heterocycles. The zero-order valence-electron chi connectivity index (χ0n) is 18.2. The van der Waals surface area contributed by atoms with Crippen molar-refractivity contribution in [1.29, 1.82) is 0 Å². The van der Waals surface area contributed by atoms with Crippen LogP contribution < -0.4 is 10.5 Å². The molecule has 0 saturated heterocycles. The number of halogens is 2. The maximum Gasteiger partial charge on any atom is 0.282 e. The van der Waals surface area contributed by atoms with Gasteiger partial charge in [-0.1, -0.05) is 40.2 Å². The van der Waals surface area contributed by atoms with Crippen LogP contribution >= 0.6 is 39.3 Å². The Labute approximate surface area is 220 Å². The Balaban J connectivity index is 1.57. The van der Waals surface area contributed by atoms with E-state index in [1.54, 1.807) is 30.3 Å². The third-order valence-corrected chi connectivity index (χ3v) is 10.2. The molecule has 5 rings (SSSR count). The Morgan fingerprint density at radius 3 is 2.51 bits per heavy atom. The quantitative estimate of drug-likeness (QED) is 0.211. The number of nitrogens with two attached hydrogens (primary N) is 1. The molecule has 3 aromatic carbocycles. The summed E-state index contributed by atoms with van der Waals surface area (Å²) in [5, 5.41) is 20.1. The van der Waals surface area contributed by atoms with Crippen molar-refractivity contribution < 1.29 is 13.3 Å². The number of alkyl halides is 1. The molecular weight excluding hydrogens is 574 g/mol. The molecule has 0 bridgehead atoms. The maximum absolute atomic E-state index is 12.1. The fourth-order valence-electron chi connectivity index (χ4n) is 5.14. The smallest absolute Gasteiger partial charge is 0.282 e. The number of nitro benzene ring substituents is 1. The molecule has 1 aliphatic heterocycles. The highest BCUT2D eigenvalue weighted by molar-refractivity contribution is 9.10. The fourth-order valence-corrected chi connectivity index (χ4v) is 7.90. The molecule has 182 valence electrons. The average molecular weight is 595 g/mol. The van der Waals surface area contributed by atoms with Crippen LogP contribution in [0.1, 0.15) is 29.5 Å². The molecule has 2 aliphatic rings. The molecule has 0 amide bonds. The molecule has 1 heterocycles. The first-order valence-corrected chi connectivity index (χ1v) is 14.5. The predicted octanol–water partition coefficient (Wildman–Crippen LogP) is 6.04. The molecular formula is C24H21BrClN3O4S2. The first kappa shape index (κ1) is 24.6. The molecule has 7 nitrogen and oxygen atoms in total. The monoisotopic (exact) mass is 593 g/mol. The number of primary sulfonamides is 1. The van der Waals surface area contributed by atoms with Crippen LogP contribution in [0.25, 0.3) is 0 Å². The number of nitrogens with one attached hydrogen (secondary N) is 1. The van der Waals surface area contributed by atoms with Crippen molar-refractivity contribution in [3.05, 3.63) is 92.4 Å². The zero-order valence-corrected chi connectivity index (χ0v) is 22.1. The molecule has 3 aromatic rings. The first-order valence-electron chi connectivity index (χ1n) is 10.9. The molecule has 3 N–H and O–H groups in total. The van der Waals surface area contributed by atoms with E-state index in [4.69, 9.17) is 16.7 Å². The molecule has 1 saturated carbocycles. The summed E-state index contributed by atoms with van der Waals surface area (Å²) in [5.41, 5.74) is 2.76. The van der Waals surface area contributed by atoms with E-state index in [9.17, 15) is 18.5 Å². The van der Waals surface area contributed by atoms with Crippen LogP contribution in [-0.4, -0.2) is 24.0 Å². The van der Waals surface area contributed by atoms with Crippen molar-refractivity contribution in [3.63, 3.8) is 0 Å². The van der Waals surface area contributed by atoms with Gasteiger partial charge in [-0.05, 0) is 59.9 Å². The minimum absolute atomic E-state index is 0.0394. The fraction of sp³-hybridized carbons (Fsp3) is 0.250. The van der Waals surface area contributed by atoms with E-state index < -0.39 is 10.0 Å². The summed E-state index contributed by atoms with van der Waals surface area (Å²) < 4.78 is 25.1. The van der Waals surface area contributed by atoms with Gasteiger partial charge >= 0.3 is 0 Å². The van der Waals surface area contributed by atoms with Crippen LogP contribution in [0.3, 0.4) is 0 Å². The summed E-state index contributed by atoms with van der Waals surface area (Å²) in [6.45, 7) is 0. The second-order valence-corrected chi connectivity index (χ2v) is 13.0. The van der Waals surface area contributed by atoms with Gasteiger partial charge in [0.1, 0.15) is 0 Å². The van der Waals surface area contributed by atoms with Crippen LogP contribution in [0.2, 0.25) is 0 Å². The van der Waals surface area contributed by atoms with E-state index in [-0.39, 0.29) is 44.0 Å². The SMILES string of the molecule is NS(=O)(=O)c1ccc2c(c1)[C@@H]1[C@H](Cl)[C@H](Sc3ccccc3[N+](=O)[O-])C[C@H]1[C@H](c1ccc(Br)cc1)N2. The number of nitro groups is 1. The molecule has 0 unspecified atom stereocenters. The normalized spacial score (nSPS) is 25.4. The van der Waals surface area contributed by atoms with Crippen molar-refractivity contribution in [3.8, 4) is 0 Å². The second kappa shape index (κ2) is 9.40. The van der Waals surface area contributed by atoms with Gasteiger partial charge in [-0.15, -0.1) is 23.4 Å². The largest absolute Gasteiger partial charge is 0.378 e. The predicted molar refractivity (Wildman–Crippen MR) is 142 cm³/mol. The lowest BCUT2D eigenvalue weighted by Crippen LogP contribution is -2.31. The highest BCUT2D eigenvalue weighted by atomic mass is 79.9. The first-order chi connectivity index (χ1) is 16.6. The van der Waals surface area contributed by atoms with Crippen molar-refractivity contribution in [2.24, 2.45) is 11.1 Å². The van der Waals surface area contributed by atoms with Crippen LogP contribution in [0.5, 0.6) is 0 Å². The Kier molecular flexibility index (Phi) is 6.60. The number of fused-ring (bicyclic) bond motifs is 3. The lowest BCUT2D eigenvalue weighted by molar-refractivity contribution is -0.387. The van der Waals surface area contributed by atoms with Crippen molar-refractivity contribution in [1.82, 2.24) is 0 Å². The highest BCUT2D eigenvalue weighted by Gasteiger charge is 2.50. The van der Waals surface area contributed by atoms with Crippen LogP contribution in [0.15, 0.2) is 81.0 Å². The number of hydrogen-bond donors (Lipinski definition) is 2. The van der Waals surface area contributed by atoms with Crippen LogP contribution in [-0.2, 0) is 10.0 Å². The van der Waals surface area contributed by atoms with Crippen molar-refractivity contribution in [2.75, 3.05) is 5.32 Å². The summed E-state index contributed by atoms with van der Waals surface area (Å²) in [6.07, 6.45) is 0.697. The summed E-state index contributed by atoms with van der Waals surface area (Å²) in [7, 11) is -3.89. The molecule has 1 aliphatic carbocycles. The van der Waals surface area contributed by atoms with E-state index >= 15 is 0 Å². The van der Waals surface area contributed by atoms with Gasteiger partial charge in [0.15, 0.2) is 0 Å². The van der Waals surface area contributed by atoms with E-state index in [2.05, 4.69) is 21.2 Å². The Morgan fingerprint density at radius 2 is 1.83 bits per heavy atom. The second-order valence-electron chi connectivity index (χ2n) is 8.72. The summed E-state index contributed by atoms with van der Waals surface area (Å²) in [5.74, 6) is -0.120. The lowest BCUT2D eigenvalue weighted by Gasteiger charge is -2.38. The molecule has 35 heavy (non-hydrogen) atoms. The number of benzene rings is 3. The Hall–Kier alpha value is -2.11. The van der Waals surface area contributed by atoms with Gasteiger partial charge in [0, 0.05) is 27.4 Å². The molecule has 0 radical (unpaired) electrons. The standard InChI is InChI=1S/C24H21BrClN3O4S2/c25-14-7-5-13(6-8-14)24-17-12-21(34-20-4-2-1-3-19(20)29(30)31)23(26)22(17)16-11-15(35(27,32)33)9-10-18(16)28-24/h1-11,17,21-24,28H,12H2,(H2,27,32,33)/t17-,21-,22+,23-,24+/m1/s1.